The first-order chi connectivity index (χ1) is 11.5. The van der Waals surface area contributed by atoms with Crippen LogP contribution in [0.3, 0.4) is 0 Å². The Labute approximate surface area is 166 Å². The molecule has 1 aromatic rings. The minimum atomic E-state index is -0.599. The minimum absolute atomic E-state index is 0. The summed E-state index contributed by atoms with van der Waals surface area (Å²) in [7, 11) is 0. The van der Waals surface area contributed by atoms with Gasteiger partial charge < -0.3 is 21.3 Å². The highest BCUT2D eigenvalue weighted by molar-refractivity contribution is 5.87. The van der Waals surface area contributed by atoms with Crippen molar-refractivity contribution in [3.05, 3.63) is 18.5 Å². The molecule has 1 unspecified atom stereocenters. The number of piperidine rings is 1. The number of aromatic nitrogens is 2. The second kappa shape index (κ2) is 11.9. The van der Waals surface area contributed by atoms with Gasteiger partial charge in [-0.2, -0.15) is 0 Å². The SMILES string of the molecule is CC(C)[C@H](N)C(=O)NCC(=O)NC1CCCN(c2ncccn2)C1.Cl.Cl. The summed E-state index contributed by atoms with van der Waals surface area (Å²) in [5, 5.41) is 5.53. The molecular formula is C16H28Cl2N6O2. The fourth-order valence-corrected chi connectivity index (χ4v) is 2.60. The Kier molecular flexibility index (Phi) is 11.1. The Bertz CT molecular complexity index is 561. The summed E-state index contributed by atoms with van der Waals surface area (Å²) in [5.74, 6) is 0.196. The summed E-state index contributed by atoms with van der Waals surface area (Å²) in [4.78, 5) is 34.4. The zero-order valence-corrected chi connectivity index (χ0v) is 16.7. The van der Waals surface area contributed by atoms with Crippen LogP contribution in [0.1, 0.15) is 26.7 Å². The molecule has 1 saturated heterocycles. The molecule has 0 spiro atoms. The normalized spacial score (nSPS) is 17.5. The molecule has 148 valence electrons. The first-order valence-electron chi connectivity index (χ1n) is 8.32. The molecule has 1 aliphatic heterocycles. The number of nitrogens with zero attached hydrogens (tertiary/aromatic N) is 3. The Morgan fingerprint density at radius 2 is 1.96 bits per heavy atom. The van der Waals surface area contributed by atoms with E-state index in [1.54, 1.807) is 18.5 Å². The van der Waals surface area contributed by atoms with Crippen LogP contribution in [0.4, 0.5) is 5.95 Å². The zero-order chi connectivity index (χ0) is 17.5. The number of carbonyl (C=O) groups excluding carboxylic acids is 2. The van der Waals surface area contributed by atoms with E-state index in [0.717, 1.165) is 19.4 Å². The minimum Gasteiger partial charge on any atom is -0.350 e. The van der Waals surface area contributed by atoms with Crippen LogP contribution < -0.4 is 21.3 Å². The van der Waals surface area contributed by atoms with Crippen LogP contribution >= 0.6 is 24.8 Å². The molecule has 1 aliphatic rings. The maximum absolute atomic E-state index is 12.0. The molecule has 2 atom stereocenters. The van der Waals surface area contributed by atoms with Gasteiger partial charge in [-0.15, -0.1) is 24.8 Å². The van der Waals surface area contributed by atoms with E-state index in [4.69, 9.17) is 5.73 Å². The molecule has 1 fully saturated rings. The predicted octanol–water partition coefficient (Wildman–Crippen LogP) is 0.505. The molecule has 8 nitrogen and oxygen atoms in total. The van der Waals surface area contributed by atoms with Gasteiger partial charge in [0, 0.05) is 31.5 Å². The van der Waals surface area contributed by atoms with Crippen LogP contribution in [-0.4, -0.2) is 53.5 Å². The van der Waals surface area contributed by atoms with Crippen LogP contribution in [0.5, 0.6) is 0 Å². The van der Waals surface area contributed by atoms with Crippen LogP contribution in [0.15, 0.2) is 18.5 Å². The van der Waals surface area contributed by atoms with Crippen LogP contribution in [0.25, 0.3) is 0 Å². The van der Waals surface area contributed by atoms with Gasteiger partial charge in [-0.1, -0.05) is 13.8 Å². The van der Waals surface area contributed by atoms with Gasteiger partial charge in [0.1, 0.15) is 0 Å². The number of halogens is 2. The van der Waals surface area contributed by atoms with Gasteiger partial charge in [0.15, 0.2) is 0 Å². The third-order valence-corrected chi connectivity index (χ3v) is 4.07. The van der Waals surface area contributed by atoms with Crippen molar-refractivity contribution in [2.45, 2.75) is 38.8 Å². The van der Waals surface area contributed by atoms with E-state index < -0.39 is 6.04 Å². The molecule has 0 radical (unpaired) electrons. The highest BCUT2D eigenvalue weighted by Gasteiger charge is 2.23. The van der Waals surface area contributed by atoms with E-state index in [0.29, 0.717) is 12.5 Å². The number of nitrogens with two attached hydrogens (primary N) is 1. The Balaban J connectivity index is 0.00000312. The summed E-state index contributed by atoms with van der Waals surface area (Å²) in [5.41, 5.74) is 5.75. The summed E-state index contributed by atoms with van der Waals surface area (Å²) in [6.07, 6.45) is 5.26. The van der Waals surface area contributed by atoms with Crippen molar-refractivity contribution in [1.29, 1.82) is 0 Å². The lowest BCUT2D eigenvalue weighted by atomic mass is 10.0. The number of amides is 2. The van der Waals surface area contributed by atoms with Crippen LogP contribution in [-0.2, 0) is 9.59 Å². The third-order valence-electron chi connectivity index (χ3n) is 4.07. The molecular weight excluding hydrogens is 379 g/mol. The molecule has 2 rings (SSSR count). The smallest absolute Gasteiger partial charge is 0.239 e. The van der Waals surface area contributed by atoms with Gasteiger partial charge in [-0.05, 0) is 24.8 Å². The predicted molar refractivity (Wildman–Crippen MR) is 106 cm³/mol. The van der Waals surface area contributed by atoms with Crippen molar-refractivity contribution < 1.29 is 9.59 Å². The van der Waals surface area contributed by atoms with Crippen molar-refractivity contribution in [3.63, 3.8) is 0 Å². The first-order valence-corrected chi connectivity index (χ1v) is 8.32. The average Bonchev–Trinajstić information content (AvgIpc) is 2.60. The maximum atomic E-state index is 12.0. The second-order valence-electron chi connectivity index (χ2n) is 6.39. The van der Waals surface area contributed by atoms with Crippen molar-refractivity contribution >= 4 is 42.6 Å². The average molecular weight is 407 g/mol. The van der Waals surface area contributed by atoms with Crippen molar-refractivity contribution in [2.75, 3.05) is 24.5 Å². The van der Waals surface area contributed by atoms with Gasteiger partial charge >= 0.3 is 0 Å². The van der Waals surface area contributed by atoms with Crippen molar-refractivity contribution in [3.8, 4) is 0 Å². The number of nitrogens with one attached hydrogen (secondary N) is 2. The highest BCUT2D eigenvalue weighted by atomic mass is 35.5. The summed E-state index contributed by atoms with van der Waals surface area (Å²) in [6.45, 7) is 5.21. The highest BCUT2D eigenvalue weighted by Crippen LogP contribution is 2.15. The molecule has 4 N–H and O–H groups in total. The van der Waals surface area contributed by atoms with Crippen LogP contribution in [0, 0.1) is 5.92 Å². The van der Waals surface area contributed by atoms with Gasteiger partial charge in [-0.25, -0.2) is 9.97 Å². The summed E-state index contributed by atoms with van der Waals surface area (Å²) < 4.78 is 0. The Morgan fingerprint density at radius 1 is 1.31 bits per heavy atom. The van der Waals surface area contributed by atoms with E-state index in [-0.39, 0.29) is 55.1 Å². The van der Waals surface area contributed by atoms with Gasteiger partial charge in [0.2, 0.25) is 17.8 Å². The first kappa shape index (κ1) is 24.4. The molecule has 0 aromatic carbocycles. The number of hydrogen-bond acceptors (Lipinski definition) is 6. The summed E-state index contributed by atoms with van der Waals surface area (Å²) >= 11 is 0. The topological polar surface area (TPSA) is 113 Å². The largest absolute Gasteiger partial charge is 0.350 e. The molecule has 0 saturated carbocycles. The lowest BCUT2D eigenvalue weighted by Gasteiger charge is -2.33. The van der Waals surface area contributed by atoms with Gasteiger partial charge in [0.05, 0.1) is 12.6 Å². The molecule has 10 heteroatoms. The molecule has 0 aliphatic carbocycles. The number of hydrogen-bond donors (Lipinski definition) is 3. The molecule has 1 aromatic heterocycles. The Hall–Kier alpha value is -1.64. The van der Waals surface area contributed by atoms with E-state index in [2.05, 4.69) is 25.5 Å². The van der Waals surface area contributed by atoms with Crippen LogP contribution in [0.2, 0.25) is 0 Å². The molecule has 26 heavy (non-hydrogen) atoms. The van der Waals surface area contributed by atoms with Crippen molar-refractivity contribution in [2.24, 2.45) is 11.7 Å². The van der Waals surface area contributed by atoms with E-state index >= 15 is 0 Å². The number of rotatable bonds is 6. The Morgan fingerprint density at radius 3 is 2.58 bits per heavy atom. The third kappa shape index (κ3) is 7.31. The summed E-state index contributed by atoms with van der Waals surface area (Å²) in [6, 6.07) is 1.20. The second-order valence-corrected chi connectivity index (χ2v) is 6.39. The zero-order valence-electron chi connectivity index (χ0n) is 15.1. The van der Waals surface area contributed by atoms with Crippen molar-refractivity contribution in [1.82, 2.24) is 20.6 Å². The quantitative estimate of drug-likeness (QED) is 0.633. The molecule has 2 amide bonds. The lowest BCUT2D eigenvalue weighted by molar-refractivity contribution is -0.127. The van der Waals surface area contributed by atoms with Gasteiger partial charge in [-0.3, -0.25) is 9.59 Å². The number of carbonyl (C=O) groups is 2. The number of anilines is 1. The van der Waals surface area contributed by atoms with Gasteiger partial charge in [0.25, 0.3) is 0 Å². The van der Waals surface area contributed by atoms with E-state index in [1.807, 2.05) is 13.8 Å². The maximum Gasteiger partial charge on any atom is 0.239 e. The van der Waals surface area contributed by atoms with E-state index in [9.17, 15) is 9.59 Å². The van der Waals surface area contributed by atoms with E-state index in [1.165, 1.54) is 0 Å². The molecule has 2 heterocycles. The standard InChI is InChI=1S/C16H26N6O2.2ClH/c1-11(2)14(17)15(24)20-9-13(23)21-12-5-3-8-22(10-12)16-18-6-4-7-19-16;;/h4,6-7,11-12,14H,3,5,8-10,17H2,1-2H3,(H,20,24)(H,21,23);2*1H/t12?,14-;;/m0../s1. The fourth-order valence-electron chi connectivity index (χ4n) is 2.60. The fraction of sp³-hybridized carbons (Fsp3) is 0.625. The lowest BCUT2D eigenvalue weighted by Crippen LogP contribution is -2.52. The molecule has 0 bridgehead atoms. The monoisotopic (exact) mass is 406 g/mol.